The molecule has 146 valence electrons. The van der Waals surface area contributed by atoms with Crippen molar-refractivity contribution in [2.45, 2.75) is 12.6 Å². The van der Waals surface area contributed by atoms with Gasteiger partial charge in [0, 0.05) is 27.3 Å². The molecule has 1 aliphatic rings. The normalized spacial score (nSPS) is 18.4. The second-order valence-corrected chi connectivity index (χ2v) is 8.21. The van der Waals surface area contributed by atoms with Gasteiger partial charge in [-0.2, -0.15) is 0 Å². The lowest BCUT2D eigenvalue weighted by molar-refractivity contribution is -0.140. The molecule has 1 fully saturated rings. The molecule has 1 atom stereocenters. The number of halogens is 2. The van der Waals surface area contributed by atoms with E-state index in [2.05, 4.69) is 25.9 Å². The summed E-state index contributed by atoms with van der Waals surface area (Å²) in [5, 5.41) is 12.6. The molecule has 1 unspecified atom stereocenters. The highest BCUT2D eigenvalue weighted by Gasteiger charge is 2.47. The minimum atomic E-state index is -1.10. The highest BCUT2D eigenvalue weighted by molar-refractivity contribution is 9.10. The first-order valence-corrected chi connectivity index (χ1v) is 10.2. The number of nitrogens with zero attached hydrogens (tertiary/aromatic N) is 3. The van der Waals surface area contributed by atoms with Crippen LogP contribution < -0.4 is 0 Å². The van der Waals surface area contributed by atoms with Crippen LogP contribution >= 0.6 is 27.3 Å². The Balaban J connectivity index is 1.92. The van der Waals surface area contributed by atoms with Gasteiger partial charge in [-0.1, -0.05) is 22.0 Å². The molecule has 0 bridgehead atoms. The summed E-state index contributed by atoms with van der Waals surface area (Å²) in [6.07, 6.45) is 4.04. The smallest absolute Gasteiger partial charge is 0.295 e. The number of Topliss-reactive ketones (excluding diaryl/α,β-unsaturated/α-hetero) is 1. The van der Waals surface area contributed by atoms with Crippen LogP contribution in [0.25, 0.3) is 5.76 Å². The van der Waals surface area contributed by atoms with Crippen molar-refractivity contribution in [2.75, 3.05) is 0 Å². The minimum absolute atomic E-state index is 0.0297. The Labute approximate surface area is 177 Å². The van der Waals surface area contributed by atoms with Crippen LogP contribution in [0, 0.1) is 5.82 Å². The third-order valence-corrected chi connectivity index (χ3v) is 5.86. The zero-order valence-electron chi connectivity index (χ0n) is 14.8. The van der Waals surface area contributed by atoms with Gasteiger partial charge in [-0.3, -0.25) is 14.6 Å². The van der Waals surface area contributed by atoms with Crippen LogP contribution in [0.5, 0.6) is 0 Å². The quantitative estimate of drug-likeness (QED) is 0.350. The third-order valence-electron chi connectivity index (χ3n) is 4.50. The van der Waals surface area contributed by atoms with Crippen LogP contribution in [0.2, 0.25) is 0 Å². The van der Waals surface area contributed by atoms with Gasteiger partial charge >= 0.3 is 0 Å². The van der Waals surface area contributed by atoms with E-state index in [0.29, 0.717) is 4.47 Å². The topological polar surface area (TPSA) is 83.4 Å². The van der Waals surface area contributed by atoms with Crippen LogP contribution in [0.3, 0.4) is 0 Å². The molecule has 1 aliphatic heterocycles. The summed E-state index contributed by atoms with van der Waals surface area (Å²) in [5.41, 5.74) is -0.0911. The number of aliphatic hydroxyl groups excluding tert-OH is 1. The van der Waals surface area contributed by atoms with Crippen molar-refractivity contribution >= 4 is 44.7 Å². The standard InChI is InChI=1S/C20H13BrFN3O3S/c21-11-3-4-14(22)13(8-11)17-16(18(26)15-9-23-5-6-24-15)19(27)20(28)25(17)10-12-2-1-7-29-12/h1-9,17,26H,10H2/b18-16+. The van der Waals surface area contributed by atoms with Gasteiger partial charge in [0.05, 0.1) is 24.4 Å². The Morgan fingerprint density at radius 1 is 1.28 bits per heavy atom. The molecule has 1 amide bonds. The molecule has 0 radical (unpaired) electrons. The molecule has 0 aliphatic carbocycles. The van der Waals surface area contributed by atoms with Crippen LogP contribution in [0.4, 0.5) is 4.39 Å². The van der Waals surface area contributed by atoms with Crippen molar-refractivity contribution in [3.8, 4) is 0 Å². The highest BCUT2D eigenvalue weighted by atomic mass is 79.9. The minimum Gasteiger partial charge on any atom is -0.505 e. The second-order valence-electron chi connectivity index (χ2n) is 6.26. The molecule has 0 spiro atoms. The third kappa shape index (κ3) is 3.58. The van der Waals surface area contributed by atoms with E-state index < -0.39 is 29.3 Å². The predicted molar refractivity (Wildman–Crippen MR) is 108 cm³/mol. The number of aromatic nitrogens is 2. The van der Waals surface area contributed by atoms with E-state index in [1.807, 2.05) is 17.5 Å². The summed E-state index contributed by atoms with van der Waals surface area (Å²) in [7, 11) is 0. The number of likely N-dealkylation sites (tertiary alicyclic amines) is 1. The van der Waals surface area contributed by atoms with Gasteiger partial charge in [-0.25, -0.2) is 9.37 Å². The van der Waals surface area contributed by atoms with Crippen LogP contribution in [0.15, 0.2) is 64.3 Å². The monoisotopic (exact) mass is 473 g/mol. The average Bonchev–Trinajstić information content (AvgIpc) is 3.32. The van der Waals surface area contributed by atoms with Crippen molar-refractivity contribution < 1.29 is 19.1 Å². The lowest BCUT2D eigenvalue weighted by atomic mass is 9.96. The van der Waals surface area contributed by atoms with E-state index in [4.69, 9.17) is 0 Å². The molecular weight excluding hydrogens is 461 g/mol. The molecule has 6 nitrogen and oxygen atoms in total. The maximum Gasteiger partial charge on any atom is 0.295 e. The van der Waals surface area contributed by atoms with Crippen LogP contribution in [0.1, 0.15) is 22.2 Å². The van der Waals surface area contributed by atoms with Gasteiger partial charge in [0.25, 0.3) is 11.7 Å². The fourth-order valence-electron chi connectivity index (χ4n) is 3.22. The first-order valence-electron chi connectivity index (χ1n) is 8.49. The van der Waals surface area contributed by atoms with Crippen LogP contribution in [-0.4, -0.2) is 31.7 Å². The van der Waals surface area contributed by atoms with Gasteiger partial charge in [0.15, 0.2) is 5.76 Å². The Bertz CT molecular complexity index is 1120. The first-order chi connectivity index (χ1) is 14.0. The molecule has 1 aromatic carbocycles. The maximum atomic E-state index is 14.8. The number of benzene rings is 1. The average molecular weight is 474 g/mol. The number of rotatable bonds is 4. The van der Waals surface area contributed by atoms with Crippen molar-refractivity contribution in [1.29, 1.82) is 0 Å². The van der Waals surface area contributed by atoms with Crippen molar-refractivity contribution in [3.63, 3.8) is 0 Å². The summed E-state index contributed by atoms with van der Waals surface area (Å²) in [5.74, 6) is -2.79. The number of hydrogen-bond acceptors (Lipinski definition) is 6. The van der Waals surface area contributed by atoms with E-state index in [-0.39, 0.29) is 23.4 Å². The maximum absolute atomic E-state index is 14.8. The van der Waals surface area contributed by atoms with E-state index in [1.54, 1.807) is 0 Å². The van der Waals surface area contributed by atoms with Gasteiger partial charge in [-0.15, -0.1) is 11.3 Å². The number of carbonyl (C=O) groups is 2. The van der Waals surface area contributed by atoms with Gasteiger partial charge in [0.1, 0.15) is 11.5 Å². The van der Waals surface area contributed by atoms with Crippen molar-refractivity contribution in [1.82, 2.24) is 14.9 Å². The fraction of sp³-hybridized carbons (Fsp3) is 0.100. The predicted octanol–water partition coefficient (Wildman–Crippen LogP) is 4.06. The van der Waals surface area contributed by atoms with Crippen LogP contribution in [-0.2, 0) is 16.1 Å². The molecule has 3 heterocycles. The number of ketones is 1. The van der Waals surface area contributed by atoms with Gasteiger partial charge in [-0.05, 0) is 29.6 Å². The summed E-state index contributed by atoms with van der Waals surface area (Å²) in [4.78, 5) is 35.6. The summed E-state index contributed by atoms with van der Waals surface area (Å²) < 4.78 is 15.3. The Morgan fingerprint density at radius 2 is 2.10 bits per heavy atom. The van der Waals surface area contributed by atoms with E-state index in [0.717, 1.165) is 4.88 Å². The Morgan fingerprint density at radius 3 is 2.79 bits per heavy atom. The van der Waals surface area contributed by atoms with E-state index >= 15 is 0 Å². The lowest BCUT2D eigenvalue weighted by Gasteiger charge is -2.25. The molecule has 4 rings (SSSR count). The Kier molecular flexibility index (Phi) is 5.25. The highest BCUT2D eigenvalue weighted by Crippen LogP contribution is 2.41. The van der Waals surface area contributed by atoms with Gasteiger partial charge in [0.2, 0.25) is 0 Å². The molecule has 9 heteroatoms. The number of aliphatic hydroxyl groups is 1. The fourth-order valence-corrected chi connectivity index (χ4v) is 4.30. The number of amides is 1. The molecule has 2 aromatic heterocycles. The van der Waals surface area contributed by atoms with Crippen molar-refractivity contribution in [2.24, 2.45) is 0 Å². The van der Waals surface area contributed by atoms with E-state index in [1.165, 1.54) is 53.0 Å². The zero-order chi connectivity index (χ0) is 20.5. The summed E-state index contributed by atoms with van der Waals surface area (Å²) in [6.45, 7) is 0.107. The first kappa shape index (κ1) is 19.4. The van der Waals surface area contributed by atoms with E-state index in [9.17, 15) is 19.1 Å². The SMILES string of the molecule is O=C1C(=O)N(Cc2cccs2)C(c2cc(Br)ccc2F)/C1=C(\O)c1cnccn1. The molecule has 29 heavy (non-hydrogen) atoms. The lowest BCUT2D eigenvalue weighted by Crippen LogP contribution is -2.29. The molecule has 1 saturated heterocycles. The molecular formula is C20H13BrFN3O3S. The number of thiophene rings is 1. The summed E-state index contributed by atoms with van der Waals surface area (Å²) in [6, 6.07) is 6.81. The summed E-state index contributed by atoms with van der Waals surface area (Å²) >= 11 is 4.72. The molecule has 0 saturated carbocycles. The number of hydrogen-bond donors (Lipinski definition) is 1. The largest absolute Gasteiger partial charge is 0.505 e. The second kappa shape index (κ2) is 7.84. The Hall–Kier alpha value is -2.91. The van der Waals surface area contributed by atoms with Crippen molar-refractivity contribution in [3.05, 3.63) is 86.3 Å². The molecule has 1 N–H and O–H groups in total. The number of carbonyl (C=O) groups excluding carboxylic acids is 2. The molecule has 3 aromatic rings. The van der Waals surface area contributed by atoms with Gasteiger partial charge < -0.3 is 10.0 Å². The zero-order valence-corrected chi connectivity index (χ0v) is 17.2.